The van der Waals surface area contributed by atoms with Gasteiger partial charge in [0.1, 0.15) is 14.8 Å². The molecule has 2 aromatic heterocycles. The SMILES string of the molecule is CC(=O)SCc1cnc2sccc2c1S(=O)Cl. The molecule has 90 valence electrons. The van der Waals surface area contributed by atoms with Crippen LogP contribution in [-0.2, 0) is 20.6 Å². The van der Waals surface area contributed by atoms with E-state index in [1.165, 1.54) is 18.3 Å². The largest absolute Gasteiger partial charge is 0.288 e. The van der Waals surface area contributed by atoms with E-state index in [-0.39, 0.29) is 5.12 Å². The van der Waals surface area contributed by atoms with E-state index in [9.17, 15) is 9.00 Å². The maximum absolute atomic E-state index is 11.6. The molecule has 17 heavy (non-hydrogen) atoms. The summed E-state index contributed by atoms with van der Waals surface area (Å²) in [5.41, 5.74) is 0.754. The Morgan fingerprint density at radius 2 is 2.41 bits per heavy atom. The van der Waals surface area contributed by atoms with Crippen LogP contribution in [0.5, 0.6) is 0 Å². The van der Waals surface area contributed by atoms with Crippen molar-refractivity contribution in [3.05, 3.63) is 23.2 Å². The topological polar surface area (TPSA) is 47.0 Å². The summed E-state index contributed by atoms with van der Waals surface area (Å²) in [4.78, 5) is 16.6. The molecule has 2 heterocycles. The molecule has 0 N–H and O–H groups in total. The van der Waals surface area contributed by atoms with Gasteiger partial charge in [-0.25, -0.2) is 9.19 Å². The summed E-state index contributed by atoms with van der Waals surface area (Å²) in [6.45, 7) is 1.50. The van der Waals surface area contributed by atoms with Crippen molar-refractivity contribution < 1.29 is 9.00 Å². The zero-order valence-corrected chi connectivity index (χ0v) is 12.0. The summed E-state index contributed by atoms with van der Waals surface area (Å²) in [6, 6.07) is 1.85. The predicted molar refractivity (Wildman–Crippen MR) is 73.9 cm³/mol. The van der Waals surface area contributed by atoms with Crippen molar-refractivity contribution >= 4 is 59.1 Å². The first-order chi connectivity index (χ1) is 8.09. The number of hydrogen-bond donors (Lipinski definition) is 0. The van der Waals surface area contributed by atoms with Gasteiger partial charge in [-0.1, -0.05) is 11.8 Å². The van der Waals surface area contributed by atoms with Gasteiger partial charge in [0.25, 0.3) is 0 Å². The Morgan fingerprint density at radius 1 is 1.65 bits per heavy atom. The lowest BCUT2D eigenvalue weighted by Crippen LogP contribution is -1.95. The molecular weight excluding hydrogens is 298 g/mol. The van der Waals surface area contributed by atoms with E-state index in [1.54, 1.807) is 6.20 Å². The fourth-order valence-electron chi connectivity index (χ4n) is 1.41. The summed E-state index contributed by atoms with van der Waals surface area (Å²) in [5, 5.41) is 2.71. The third-order valence-corrected chi connectivity index (χ3v) is 5.06. The van der Waals surface area contributed by atoms with Crippen LogP contribution in [0.2, 0.25) is 0 Å². The summed E-state index contributed by atoms with van der Waals surface area (Å²) >= 11 is 2.63. The highest BCUT2D eigenvalue weighted by molar-refractivity contribution is 8.13. The zero-order valence-electron chi connectivity index (χ0n) is 8.81. The predicted octanol–water partition coefficient (Wildman–Crippen LogP) is 3.34. The van der Waals surface area contributed by atoms with Crippen LogP contribution in [0.25, 0.3) is 10.2 Å². The zero-order chi connectivity index (χ0) is 12.4. The molecule has 0 saturated heterocycles. The van der Waals surface area contributed by atoms with Crippen LogP contribution >= 0.6 is 33.8 Å². The number of fused-ring (bicyclic) bond motifs is 1. The van der Waals surface area contributed by atoms with Gasteiger partial charge in [-0.05, 0) is 27.7 Å². The van der Waals surface area contributed by atoms with Gasteiger partial charge in [-0.15, -0.1) is 11.3 Å². The molecule has 0 radical (unpaired) electrons. The number of thioether (sulfide) groups is 1. The van der Waals surface area contributed by atoms with E-state index in [2.05, 4.69) is 4.98 Å². The molecule has 0 aromatic carbocycles. The Balaban J connectivity index is 2.50. The summed E-state index contributed by atoms with van der Waals surface area (Å²) < 4.78 is 11.6. The van der Waals surface area contributed by atoms with Crippen LogP contribution in [0, 0.1) is 0 Å². The first-order valence-electron chi connectivity index (χ1n) is 4.66. The molecule has 2 rings (SSSR count). The van der Waals surface area contributed by atoms with Gasteiger partial charge in [-0.2, -0.15) is 0 Å². The summed E-state index contributed by atoms with van der Waals surface area (Å²) in [6.07, 6.45) is 1.64. The highest BCUT2D eigenvalue weighted by Gasteiger charge is 2.15. The molecule has 3 nitrogen and oxygen atoms in total. The number of aromatic nitrogens is 1. The van der Waals surface area contributed by atoms with E-state index >= 15 is 0 Å². The molecule has 0 aliphatic heterocycles. The number of pyridine rings is 1. The molecular formula is C10H8ClNO2S3. The molecule has 0 spiro atoms. The number of rotatable bonds is 3. The fraction of sp³-hybridized carbons (Fsp3) is 0.200. The first-order valence-corrected chi connectivity index (χ1v) is 8.50. The Morgan fingerprint density at radius 3 is 3.06 bits per heavy atom. The smallest absolute Gasteiger partial charge is 0.186 e. The van der Waals surface area contributed by atoms with Gasteiger partial charge in [-0.3, -0.25) is 4.79 Å². The van der Waals surface area contributed by atoms with Gasteiger partial charge in [0.2, 0.25) is 0 Å². The quantitative estimate of drug-likeness (QED) is 0.816. The van der Waals surface area contributed by atoms with Crippen LogP contribution < -0.4 is 0 Å². The third-order valence-electron chi connectivity index (χ3n) is 2.11. The molecule has 0 aliphatic carbocycles. The van der Waals surface area contributed by atoms with Crippen molar-refractivity contribution in [2.24, 2.45) is 0 Å². The van der Waals surface area contributed by atoms with Crippen molar-refractivity contribution in [1.82, 2.24) is 4.98 Å². The Kier molecular flexibility index (Phi) is 4.19. The third kappa shape index (κ3) is 2.88. The van der Waals surface area contributed by atoms with Gasteiger partial charge in [0, 0.05) is 24.3 Å². The van der Waals surface area contributed by atoms with Crippen molar-refractivity contribution in [3.63, 3.8) is 0 Å². The Hall–Kier alpha value is -0.430. The van der Waals surface area contributed by atoms with Crippen molar-refractivity contribution in [3.8, 4) is 0 Å². The number of halogens is 1. The lowest BCUT2D eigenvalue weighted by atomic mass is 10.2. The Bertz CT molecular complexity index is 596. The molecule has 7 heteroatoms. The van der Waals surface area contributed by atoms with E-state index in [4.69, 9.17) is 10.7 Å². The van der Waals surface area contributed by atoms with Crippen molar-refractivity contribution in [2.75, 3.05) is 0 Å². The number of nitrogens with zero attached hydrogens (tertiary/aromatic N) is 1. The monoisotopic (exact) mass is 305 g/mol. The van der Waals surface area contributed by atoms with Crippen molar-refractivity contribution in [2.45, 2.75) is 17.6 Å². The maximum atomic E-state index is 11.6. The minimum Gasteiger partial charge on any atom is -0.288 e. The fourth-order valence-corrected chi connectivity index (χ4v) is 4.11. The molecule has 2 aromatic rings. The van der Waals surface area contributed by atoms with Crippen LogP contribution in [0.1, 0.15) is 12.5 Å². The highest BCUT2D eigenvalue weighted by Crippen LogP contribution is 2.30. The van der Waals surface area contributed by atoms with E-state index in [0.717, 1.165) is 27.5 Å². The average Bonchev–Trinajstić information content (AvgIpc) is 2.72. The van der Waals surface area contributed by atoms with Gasteiger partial charge in [0.05, 0.1) is 4.90 Å². The van der Waals surface area contributed by atoms with Crippen LogP contribution in [0.4, 0.5) is 0 Å². The van der Waals surface area contributed by atoms with Crippen molar-refractivity contribution in [1.29, 1.82) is 0 Å². The van der Waals surface area contributed by atoms with E-state index in [1.807, 2.05) is 11.4 Å². The molecule has 0 fully saturated rings. The molecule has 1 atom stereocenters. The van der Waals surface area contributed by atoms with Crippen LogP contribution in [0.15, 0.2) is 22.5 Å². The maximum Gasteiger partial charge on any atom is 0.186 e. The molecule has 0 saturated carbocycles. The lowest BCUT2D eigenvalue weighted by molar-refractivity contribution is -0.109. The highest BCUT2D eigenvalue weighted by atomic mass is 35.7. The lowest BCUT2D eigenvalue weighted by Gasteiger charge is -2.05. The second kappa shape index (κ2) is 5.48. The standard InChI is InChI=1S/C10H8ClNO2S3/c1-6(13)16-5-7-4-12-10-8(2-3-15-10)9(7)17(11)14/h2-4H,5H2,1H3. The Labute approximate surface area is 114 Å². The second-order valence-electron chi connectivity index (χ2n) is 3.26. The summed E-state index contributed by atoms with van der Waals surface area (Å²) in [5.74, 6) is 0.446. The number of thiophene rings is 1. The molecule has 0 bridgehead atoms. The molecule has 0 amide bonds. The average molecular weight is 306 g/mol. The molecule has 0 aliphatic rings. The molecule has 1 unspecified atom stereocenters. The number of carbonyl (C=O) groups excluding carboxylic acids is 1. The number of hydrogen-bond acceptors (Lipinski definition) is 5. The van der Waals surface area contributed by atoms with Gasteiger partial charge in [0.15, 0.2) is 5.12 Å². The van der Waals surface area contributed by atoms with Gasteiger partial charge < -0.3 is 0 Å². The normalized spacial score (nSPS) is 12.8. The van der Waals surface area contributed by atoms with E-state index in [0.29, 0.717) is 10.6 Å². The van der Waals surface area contributed by atoms with Crippen LogP contribution in [0.3, 0.4) is 0 Å². The van der Waals surface area contributed by atoms with Crippen LogP contribution in [-0.4, -0.2) is 14.3 Å². The summed E-state index contributed by atoms with van der Waals surface area (Å²) in [7, 11) is 4.12. The van der Waals surface area contributed by atoms with E-state index < -0.39 is 10.0 Å². The minimum absolute atomic E-state index is 0.0155. The minimum atomic E-state index is -1.59. The first kappa shape index (κ1) is 13.0. The van der Waals surface area contributed by atoms with Gasteiger partial charge >= 0.3 is 0 Å². The number of carbonyl (C=O) groups is 1. The second-order valence-corrected chi connectivity index (χ2v) is 7.00.